The molecular weight excluding hydrogens is 260 g/mol. The molecule has 0 radical (unpaired) electrons. The number of nitrogens with one attached hydrogen (secondary N) is 2. The molecule has 7 nitrogen and oxygen atoms in total. The van der Waals surface area contributed by atoms with Crippen molar-refractivity contribution in [3.05, 3.63) is 0 Å². The highest BCUT2D eigenvalue weighted by molar-refractivity contribution is 5.74. The molecule has 0 bridgehead atoms. The number of carboxylic acids is 1. The first-order valence-electron chi connectivity index (χ1n) is 7.03. The van der Waals surface area contributed by atoms with Crippen molar-refractivity contribution in [1.29, 1.82) is 0 Å². The average Bonchev–Trinajstić information content (AvgIpc) is 2.37. The van der Waals surface area contributed by atoms with E-state index in [-0.39, 0.29) is 18.5 Å². The molecule has 0 aromatic carbocycles. The number of rotatable bonds is 6. The van der Waals surface area contributed by atoms with Crippen LogP contribution >= 0.6 is 0 Å². The van der Waals surface area contributed by atoms with Gasteiger partial charge in [0, 0.05) is 44.7 Å². The molecule has 1 fully saturated rings. The van der Waals surface area contributed by atoms with Crippen LogP contribution in [0.3, 0.4) is 0 Å². The van der Waals surface area contributed by atoms with Gasteiger partial charge < -0.3 is 20.6 Å². The first-order chi connectivity index (χ1) is 9.38. The summed E-state index contributed by atoms with van der Waals surface area (Å²) in [6.45, 7) is 5.39. The van der Waals surface area contributed by atoms with Crippen LogP contribution in [0.25, 0.3) is 0 Å². The second-order valence-electron chi connectivity index (χ2n) is 5.58. The van der Waals surface area contributed by atoms with Gasteiger partial charge in [-0.3, -0.25) is 9.69 Å². The van der Waals surface area contributed by atoms with Gasteiger partial charge in [0.2, 0.25) is 0 Å². The van der Waals surface area contributed by atoms with Gasteiger partial charge in [-0.05, 0) is 27.4 Å². The van der Waals surface area contributed by atoms with Crippen molar-refractivity contribution in [3.63, 3.8) is 0 Å². The molecule has 1 rings (SSSR count). The number of likely N-dealkylation sites (N-methyl/N-ethyl adjacent to an activating group) is 2. The highest BCUT2D eigenvalue weighted by Crippen LogP contribution is 2.04. The molecule has 1 saturated heterocycles. The predicted octanol–water partition coefficient (Wildman–Crippen LogP) is -0.215. The Morgan fingerprint density at radius 2 is 2.05 bits per heavy atom. The predicted molar refractivity (Wildman–Crippen MR) is 76.8 cm³/mol. The fourth-order valence-corrected chi connectivity index (χ4v) is 2.22. The van der Waals surface area contributed by atoms with Crippen LogP contribution in [0.5, 0.6) is 0 Å². The molecule has 1 aliphatic rings. The Kier molecular flexibility index (Phi) is 6.74. The zero-order valence-corrected chi connectivity index (χ0v) is 12.6. The Labute approximate surface area is 120 Å². The first kappa shape index (κ1) is 16.7. The van der Waals surface area contributed by atoms with Crippen molar-refractivity contribution in [3.8, 4) is 0 Å². The van der Waals surface area contributed by atoms with Gasteiger partial charge in [-0.25, -0.2) is 4.79 Å². The number of amides is 2. The van der Waals surface area contributed by atoms with Crippen LogP contribution in [-0.2, 0) is 4.79 Å². The zero-order chi connectivity index (χ0) is 15.1. The lowest BCUT2D eigenvalue weighted by atomic mass is 10.2. The Hall–Kier alpha value is -1.34. The Morgan fingerprint density at radius 3 is 2.70 bits per heavy atom. The molecule has 0 aromatic rings. The number of carbonyl (C=O) groups is 2. The summed E-state index contributed by atoms with van der Waals surface area (Å²) in [5.74, 6) is -0.842. The lowest BCUT2D eigenvalue weighted by Gasteiger charge is -2.37. The normalized spacial score (nSPS) is 22.2. The number of hydrogen-bond acceptors (Lipinski definition) is 4. The third-order valence-electron chi connectivity index (χ3n) is 3.65. The summed E-state index contributed by atoms with van der Waals surface area (Å²) in [7, 11) is 4.14. The summed E-state index contributed by atoms with van der Waals surface area (Å²) in [4.78, 5) is 26.7. The van der Waals surface area contributed by atoms with E-state index in [0.717, 1.165) is 19.6 Å². The van der Waals surface area contributed by atoms with Crippen LogP contribution in [-0.4, -0.2) is 79.3 Å². The highest BCUT2D eigenvalue weighted by atomic mass is 16.4. The quantitative estimate of drug-likeness (QED) is 0.629. The van der Waals surface area contributed by atoms with Gasteiger partial charge in [-0.1, -0.05) is 0 Å². The fourth-order valence-electron chi connectivity index (χ4n) is 2.22. The molecule has 0 saturated carbocycles. The Balaban J connectivity index is 2.23. The number of nitrogens with zero attached hydrogens (tertiary/aromatic N) is 2. The van der Waals surface area contributed by atoms with Crippen LogP contribution in [0, 0.1) is 0 Å². The molecule has 2 amide bonds. The van der Waals surface area contributed by atoms with Crippen molar-refractivity contribution in [2.24, 2.45) is 0 Å². The molecule has 2 unspecified atom stereocenters. The summed E-state index contributed by atoms with van der Waals surface area (Å²) in [6.07, 6.45) is 0.506. The molecule has 20 heavy (non-hydrogen) atoms. The molecule has 0 aromatic heterocycles. The van der Waals surface area contributed by atoms with E-state index in [0.29, 0.717) is 19.0 Å². The Morgan fingerprint density at radius 1 is 1.35 bits per heavy atom. The van der Waals surface area contributed by atoms with Gasteiger partial charge in [0.15, 0.2) is 0 Å². The van der Waals surface area contributed by atoms with E-state index < -0.39 is 5.97 Å². The lowest BCUT2D eigenvalue weighted by Crippen LogP contribution is -2.55. The zero-order valence-electron chi connectivity index (χ0n) is 12.6. The lowest BCUT2D eigenvalue weighted by molar-refractivity contribution is -0.137. The molecule has 7 heteroatoms. The largest absolute Gasteiger partial charge is 0.481 e. The number of aliphatic carboxylic acids is 1. The van der Waals surface area contributed by atoms with Crippen molar-refractivity contribution < 1.29 is 14.7 Å². The maximum atomic E-state index is 11.7. The standard InChI is InChI=1S/C13H26N4O3/c1-10(4-5-12(18)19)15-13(20)14-8-11-9-16(2)6-7-17(11)3/h10-11H,4-9H2,1-3H3,(H,18,19)(H2,14,15,20). The average molecular weight is 286 g/mol. The molecule has 1 aliphatic heterocycles. The summed E-state index contributed by atoms with van der Waals surface area (Å²) < 4.78 is 0. The van der Waals surface area contributed by atoms with E-state index in [1.54, 1.807) is 0 Å². The second-order valence-corrected chi connectivity index (χ2v) is 5.58. The number of hydrogen-bond donors (Lipinski definition) is 3. The monoisotopic (exact) mass is 286 g/mol. The minimum absolute atomic E-state index is 0.0671. The molecule has 0 spiro atoms. The van der Waals surface area contributed by atoms with Crippen molar-refractivity contribution in [2.75, 3.05) is 40.3 Å². The molecule has 0 aliphatic carbocycles. The summed E-state index contributed by atoms with van der Waals surface area (Å²) in [5.41, 5.74) is 0. The van der Waals surface area contributed by atoms with E-state index in [1.807, 2.05) is 6.92 Å². The van der Waals surface area contributed by atoms with E-state index in [1.165, 1.54) is 0 Å². The molecule has 1 heterocycles. The smallest absolute Gasteiger partial charge is 0.315 e. The third kappa shape index (κ3) is 6.21. The van der Waals surface area contributed by atoms with Crippen LogP contribution in [0.4, 0.5) is 4.79 Å². The van der Waals surface area contributed by atoms with Crippen LogP contribution in [0.15, 0.2) is 0 Å². The van der Waals surface area contributed by atoms with Crippen LogP contribution in [0.2, 0.25) is 0 Å². The van der Waals surface area contributed by atoms with Crippen molar-refractivity contribution in [1.82, 2.24) is 20.4 Å². The van der Waals surface area contributed by atoms with E-state index >= 15 is 0 Å². The summed E-state index contributed by atoms with van der Waals surface area (Å²) >= 11 is 0. The maximum Gasteiger partial charge on any atom is 0.315 e. The van der Waals surface area contributed by atoms with Crippen LogP contribution in [0.1, 0.15) is 19.8 Å². The number of urea groups is 1. The SMILES string of the molecule is CC(CCC(=O)O)NC(=O)NCC1CN(C)CCN1C. The summed E-state index contributed by atoms with van der Waals surface area (Å²) in [5, 5.41) is 14.2. The highest BCUT2D eigenvalue weighted by Gasteiger charge is 2.22. The van der Waals surface area contributed by atoms with Crippen LogP contribution < -0.4 is 10.6 Å². The van der Waals surface area contributed by atoms with Gasteiger partial charge >= 0.3 is 12.0 Å². The van der Waals surface area contributed by atoms with Gasteiger partial charge in [0.05, 0.1) is 0 Å². The molecule has 2 atom stereocenters. The fraction of sp³-hybridized carbons (Fsp3) is 0.846. The topological polar surface area (TPSA) is 84.9 Å². The third-order valence-corrected chi connectivity index (χ3v) is 3.65. The van der Waals surface area contributed by atoms with Gasteiger partial charge in [0.1, 0.15) is 0 Å². The first-order valence-corrected chi connectivity index (χ1v) is 7.03. The number of carbonyl (C=O) groups excluding carboxylic acids is 1. The van der Waals surface area contributed by atoms with Crippen molar-refractivity contribution >= 4 is 12.0 Å². The van der Waals surface area contributed by atoms with E-state index in [9.17, 15) is 9.59 Å². The number of piperazine rings is 1. The molecule has 3 N–H and O–H groups in total. The Bertz CT molecular complexity index is 338. The van der Waals surface area contributed by atoms with E-state index in [4.69, 9.17) is 5.11 Å². The molecule has 116 valence electrons. The van der Waals surface area contributed by atoms with Gasteiger partial charge in [-0.2, -0.15) is 0 Å². The number of carboxylic acid groups (broad SMARTS) is 1. The van der Waals surface area contributed by atoms with Gasteiger partial charge in [-0.15, -0.1) is 0 Å². The second kappa shape index (κ2) is 8.06. The minimum Gasteiger partial charge on any atom is -0.481 e. The maximum absolute atomic E-state index is 11.7. The minimum atomic E-state index is -0.842. The summed E-state index contributed by atoms with van der Waals surface area (Å²) in [6, 6.07) is -0.0591. The van der Waals surface area contributed by atoms with E-state index in [2.05, 4.69) is 34.5 Å². The molecular formula is C13H26N4O3. The van der Waals surface area contributed by atoms with Crippen molar-refractivity contribution in [2.45, 2.75) is 31.8 Å². The van der Waals surface area contributed by atoms with Gasteiger partial charge in [0.25, 0.3) is 0 Å².